The molecule has 0 fully saturated rings. The largest absolute Gasteiger partial charge is 0.494 e. The van der Waals surface area contributed by atoms with Crippen molar-refractivity contribution in [2.75, 3.05) is 25.1 Å². The lowest BCUT2D eigenvalue weighted by molar-refractivity contribution is 0.312. The summed E-state index contributed by atoms with van der Waals surface area (Å²) in [5.41, 5.74) is 1.11. The van der Waals surface area contributed by atoms with E-state index in [0.717, 1.165) is 34.4 Å². The van der Waals surface area contributed by atoms with E-state index in [1.165, 1.54) is 0 Å². The molecule has 0 aliphatic carbocycles. The summed E-state index contributed by atoms with van der Waals surface area (Å²) in [6, 6.07) is 20.0. The average molecular weight is 325 g/mol. The van der Waals surface area contributed by atoms with Crippen molar-refractivity contribution in [2.24, 2.45) is 0 Å². The van der Waals surface area contributed by atoms with Gasteiger partial charge in [-0.3, -0.25) is 0 Å². The molecule has 0 saturated carbocycles. The molecule has 0 unspecified atom stereocenters. The Labute approximate surface area is 140 Å². The van der Waals surface area contributed by atoms with Crippen molar-refractivity contribution in [2.45, 2.75) is 6.42 Å². The first kappa shape index (κ1) is 15.5. The molecule has 3 rings (SSSR count). The third-order valence-corrected chi connectivity index (χ3v) is 4.50. The minimum atomic E-state index is 0.693. The van der Waals surface area contributed by atoms with Crippen molar-refractivity contribution in [3.63, 3.8) is 0 Å². The highest BCUT2D eigenvalue weighted by Gasteiger charge is 2.09. The van der Waals surface area contributed by atoms with Gasteiger partial charge in [-0.25, -0.2) is 0 Å². The first-order chi connectivity index (χ1) is 11.3. The zero-order chi connectivity index (χ0) is 15.9. The lowest BCUT2D eigenvalue weighted by Gasteiger charge is -2.14. The number of hydrogen-bond donors (Lipinski definition) is 0. The fourth-order valence-corrected chi connectivity index (χ4v) is 3.01. The smallest absolute Gasteiger partial charge is 0.208 e. The molecule has 3 aromatic rings. The quantitative estimate of drug-likeness (QED) is 0.613. The Balaban J connectivity index is 1.49. The maximum atomic E-state index is 5.71. The number of hydrogen-bond acceptors (Lipinski definition) is 5. The van der Waals surface area contributed by atoms with Crippen molar-refractivity contribution in [3.8, 4) is 16.3 Å². The van der Waals surface area contributed by atoms with Gasteiger partial charge in [0, 0.05) is 19.2 Å². The van der Waals surface area contributed by atoms with Gasteiger partial charge in [-0.15, -0.1) is 10.2 Å². The number of benzene rings is 2. The molecule has 4 nitrogen and oxygen atoms in total. The van der Waals surface area contributed by atoms with E-state index in [1.54, 1.807) is 11.3 Å². The van der Waals surface area contributed by atoms with Crippen LogP contribution in [0.15, 0.2) is 60.7 Å². The summed E-state index contributed by atoms with van der Waals surface area (Å²) in [4.78, 5) is 2.12. The first-order valence-corrected chi connectivity index (χ1v) is 8.42. The Morgan fingerprint density at radius 2 is 1.65 bits per heavy atom. The maximum Gasteiger partial charge on any atom is 0.208 e. The predicted octanol–water partition coefficient (Wildman–Crippen LogP) is 4.11. The van der Waals surface area contributed by atoms with E-state index in [1.807, 2.05) is 55.6 Å². The monoisotopic (exact) mass is 325 g/mol. The second-order valence-corrected chi connectivity index (χ2v) is 6.15. The van der Waals surface area contributed by atoms with Crippen LogP contribution < -0.4 is 9.64 Å². The zero-order valence-electron chi connectivity index (χ0n) is 13.1. The minimum Gasteiger partial charge on any atom is -0.494 e. The summed E-state index contributed by atoms with van der Waals surface area (Å²) in [6.07, 6.45) is 0.936. The molecule has 0 atom stereocenters. The highest BCUT2D eigenvalue weighted by atomic mass is 32.1. The van der Waals surface area contributed by atoms with Crippen LogP contribution in [0.1, 0.15) is 6.42 Å². The second kappa shape index (κ2) is 7.74. The van der Waals surface area contributed by atoms with Crippen LogP contribution in [0.2, 0.25) is 0 Å². The van der Waals surface area contributed by atoms with E-state index in [9.17, 15) is 0 Å². The number of rotatable bonds is 7. The molecular formula is C18H19N3OS. The maximum absolute atomic E-state index is 5.71. The first-order valence-electron chi connectivity index (χ1n) is 7.61. The Kier molecular flexibility index (Phi) is 5.21. The topological polar surface area (TPSA) is 38.2 Å². The summed E-state index contributed by atoms with van der Waals surface area (Å²) in [7, 11) is 2.04. The summed E-state index contributed by atoms with van der Waals surface area (Å²) >= 11 is 1.61. The van der Waals surface area contributed by atoms with Gasteiger partial charge in [0.2, 0.25) is 5.13 Å². The molecule has 0 amide bonds. The van der Waals surface area contributed by atoms with Crippen molar-refractivity contribution in [3.05, 3.63) is 60.7 Å². The number of ether oxygens (including phenoxy) is 1. The predicted molar refractivity (Wildman–Crippen MR) is 95.2 cm³/mol. The molecular weight excluding hydrogens is 306 g/mol. The SMILES string of the molecule is CN(CCCOc1ccccc1)c1nnc(-c2ccccc2)s1. The van der Waals surface area contributed by atoms with E-state index in [-0.39, 0.29) is 0 Å². The lowest BCUT2D eigenvalue weighted by atomic mass is 10.2. The minimum absolute atomic E-state index is 0.693. The van der Waals surface area contributed by atoms with E-state index in [4.69, 9.17) is 4.74 Å². The van der Waals surface area contributed by atoms with Gasteiger partial charge in [0.15, 0.2) is 0 Å². The molecule has 0 aliphatic rings. The Bertz CT molecular complexity index is 715. The van der Waals surface area contributed by atoms with Gasteiger partial charge >= 0.3 is 0 Å². The Morgan fingerprint density at radius 3 is 2.39 bits per heavy atom. The molecule has 1 heterocycles. The summed E-state index contributed by atoms with van der Waals surface area (Å²) < 4.78 is 5.71. The molecule has 23 heavy (non-hydrogen) atoms. The van der Waals surface area contributed by atoms with Gasteiger partial charge in [0.1, 0.15) is 10.8 Å². The molecule has 5 heteroatoms. The van der Waals surface area contributed by atoms with Crippen LogP contribution >= 0.6 is 11.3 Å². The fourth-order valence-electron chi connectivity index (χ4n) is 2.17. The van der Waals surface area contributed by atoms with E-state index >= 15 is 0 Å². The van der Waals surface area contributed by atoms with Crippen molar-refractivity contribution in [1.29, 1.82) is 0 Å². The zero-order valence-corrected chi connectivity index (χ0v) is 13.9. The van der Waals surface area contributed by atoms with Crippen molar-refractivity contribution in [1.82, 2.24) is 10.2 Å². The van der Waals surface area contributed by atoms with Gasteiger partial charge in [-0.2, -0.15) is 0 Å². The molecule has 0 N–H and O–H groups in total. The van der Waals surface area contributed by atoms with Crippen LogP contribution in [-0.4, -0.2) is 30.4 Å². The van der Waals surface area contributed by atoms with Crippen LogP contribution in [0.4, 0.5) is 5.13 Å². The van der Waals surface area contributed by atoms with E-state index < -0.39 is 0 Å². The highest BCUT2D eigenvalue weighted by molar-refractivity contribution is 7.18. The Hall–Kier alpha value is -2.40. The molecule has 0 saturated heterocycles. The van der Waals surface area contributed by atoms with Crippen molar-refractivity contribution >= 4 is 16.5 Å². The van der Waals surface area contributed by atoms with E-state index in [2.05, 4.69) is 27.2 Å². The summed E-state index contributed by atoms with van der Waals surface area (Å²) in [5, 5.41) is 10.4. The molecule has 2 aromatic carbocycles. The molecule has 0 aliphatic heterocycles. The third-order valence-electron chi connectivity index (χ3n) is 3.41. The van der Waals surface area contributed by atoms with Gasteiger partial charge in [-0.1, -0.05) is 59.9 Å². The fraction of sp³-hybridized carbons (Fsp3) is 0.222. The molecule has 0 spiro atoms. The molecule has 0 bridgehead atoms. The van der Waals surface area contributed by atoms with Crippen LogP contribution in [0.5, 0.6) is 5.75 Å². The van der Waals surface area contributed by atoms with Gasteiger partial charge < -0.3 is 9.64 Å². The van der Waals surface area contributed by atoms with Crippen LogP contribution in [0.25, 0.3) is 10.6 Å². The number of nitrogens with zero attached hydrogens (tertiary/aromatic N) is 3. The number of aromatic nitrogens is 2. The summed E-state index contributed by atoms with van der Waals surface area (Å²) in [6.45, 7) is 1.58. The second-order valence-electron chi connectivity index (χ2n) is 5.19. The van der Waals surface area contributed by atoms with Gasteiger partial charge in [-0.05, 0) is 18.6 Å². The number of anilines is 1. The number of para-hydroxylation sites is 1. The lowest BCUT2D eigenvalue weighted by Crippen LogP contribution is -2.20. The molecule has 0 radical (unpaired) electrons. The highest BCUT2D eigenvalue weighted by Crippen LogP contribution is 2.27. The van der Waals surface area contributed by atoms with Crippen molar-refractivity contribution < 1.29 is 4.74 Å². The molecule has 118 valence electrons. The van der Waals surface area contributed by atoms with E-state index in [0.29, 0.717) is 6.61 Å². The van der Waals surface area contributed by atoms with Crippen LogP contribution in [0, 0.1) is 0 Å². The summed E-state index contributed by atoms with van der Waals surface area (Å²) in [5.74, 6) is 0.914. The normalized spacial score (nSPS) is 10.5. The average Bonchev–Trinajstić information content (AvgIpc) is 3.10. The van der Waals surface area contributed by atoms with Gasteiger partial charge in [0.05, 0.1) is 6.61 Å². The Morgan fingerprint density at radius 1 is 0.957 bits per heavy atom. The van der Waals surface area contributed by atoms with Crippen LogP contribution in [0.3, 0.4) is 0 Å². The standard InChI is InChI=1S/C18H19N3OS/c1-21(13-8-14-22-16-11-6-3-7-12-16)18-20-19-17(23-18)15-9-4-2-5-10-15/h2-7,9-12H,8,13-14H2,1H3. The third kappa shape index (κ3) is 4.29. The molecule has 1 aromatic heterocycles. The van der Waals surface area contributed by atoms with Crippen LogP contribution in [-0.2, 0) is 0 Å². The van der Waals surface area contributed by atoms with Gasteiger partial charge in [0.25, 0.3) is 0 Å².